The summed E-state index contributed by atoms with van der Waals surface area (Å²) in [6.45, 7) is 0. The number of non-ortho nitro benzene ring substituents is 1. The van der Waals surface area contributed by atoms with Crippen molar-refractivity contribution in [2.75, 3.05) is 0 Å². The van der Waals surface area contributed by atoms with Gasteiger partial charge in [0, 0.05) is 22.2 Å². The summed E-state index contributed by atoms with van der Waals surface area (Å²) in [5.74, 6) is -0.274. The number of aliphatic imine (C=N–C) groups is 1. The summed E-state index contributed by atoms with van der Waals surface area (Å²) in [4.78, 5) is 26.2. The summed E-state index contributed by atoms with van der Waals surface area (Å²) in [6, 6.07) is 13.4. The standard InChI is InChI=1S/C18H11BrN2O4/c19-14-5-2-4-13(11-14)17-20-16(18(22)25-17)6-1-3-12-7-9-15(10-8-12)21(23)24/h1-11H/b3-1+,16-6-. The second-order valence-corrected chi connectivity index (χ2v) is 5.99. The average molecular weight is 399 g/mol. The van der Waals surface area contributed by atoms with Gasteiger partial charge in [-0.05, 0) is 42.0 Å². The molecule has 0 atom stereocenters. The number of nitro groups is 1. The molecule has 0 spiro atoms. The van der Waals surface area contributed by atoms with Gasteiger partial charge in [0.25, 0.3) is 5.69 Å². The van der Waals surface area contributed by atoms with E-state index in [1.807, 2.05) is 18.2 Å². The lowest BCUT2D eigenvalue weighted by Gasteiger charge is -1.99. The Labute approximate surface area is 151 Å². The Balaban J connectivity index is 1.76. The van der Waals surface area contributed by atoms with Crippen molar-refractivity contribution in [2.45, 2.75) is 0 Å². The highest BCUT2D eigenvalue weighted by Crippen LogP contribution is 2.19. The van der Waals surface area contributed by atoms with Gasteiger partial charge in [-0.25, -0.2) is 9.79 Å². The molecule has 0 unspecified atom stereocenters. The van der Waals surface area contributed by atoms with Crippen molar-refractivity contribution in [1.29, 1.82) is 0 Å². The fourth-order valence-electron chi connectivity index (χ4n) is 2.13. The number of rotatable bonds is 4. The highest BCUT2D eigenvalue weighted by Gasteiger charge is 2.23. The quantitative estimate of drug-likeness (QED) is 0.333. The molecule has 1 heterocycles. The van der Waals surface area contributed by atoms with Crippen LogP contribution in [0, 0.1) is 10.1 Å². The summed E-state index contributed by atoms with van der Waals surface area (Å²) in [6.07, 6.45) is 4.90. The van der Waals surface area contributed by atoms with Gasteiger partial charge in [0.15, 0.2) is 5.70 Å². The van der Waals surface area contributed by atoms with E-state index in [2.05, 4.69) is 20.9 Å². The molecule has 0 aromatic heterocycles. The molecule has 3 rings (SSSR count). The third kappa shape index (κ3) is 4.07. The second-order valence-electron chi connectivity index (χ2n) is 5.08. The first-order chi connectivity index (χ1) is 12.0. The summed E-state index contributed by atoms with van der Waals surface area (Å²) in [5.41, 5.74) is 1.68. The van der Waals surface area contributed by atoms with E-state index in [-0.39, 0.29) is 17.3 Å². The van der Waals surface area contributed by atoms with Crippen molar-refractivity contribution in [3.8, 4) is 0 Å². The molecule has 1 aliphatic rings. The molecule has 0 saturated carbocycles. The molecule has 0 fully saturated rings. The average Bonchev–Trinajstić information content (AvgIpc) is 2.96. The van der Waals surface area contributed by atoms with Crippen molar-refractivity contribution in [2.24, 2.45) is 4.99 Å². The van der Waals surface area contributed by atoms with E-state index in [0.717, 1.165) is 10.0 Å². The molecule has 2 aromatic rings. The van der Waals surface area contributed by atoms with Crippen LogP contribution in [-0.4, -0.2) is 16.8 Å². The van der Waals surface area contributed by atoms with Crippen LogP contribution in [-0.2, 0) is 9.53 Å². The Morgan fingerprint density at radius 3 is 2.60 bits per heavy atom. The number of nitro benzene ring substituents is 1. The summed E-state index contributed by atoms with van der Waals surface area (Å²) in [5, 5.41) is 10.6. The lowest BCUT2D eigenvalue weighted by atomic mass is 10.2. The first kappa shape index (κ1) is 16.8. The van der Waals surface area contributed by atoms with Crippen molar-refractivity contribution >= 4 is 39.6 Å². The van der Waals surface area contributed by atoms with Gasteiger partial charge in [-0.1, -0.05) is 34.1 Å². The van der Waals surface area contributed by atoms with Crippen LogP contribution in [0.25, 0.3) is 6.08 Å². The van der Waals surface area contributed by atoms with E-state index in [0.29, 0.717) is 5.56 Å². The molecule has 0 saturated heterocycles. The highest BCUT2D eigenvalue weighted by molar-refractivity contribution is 9.10. The van der Waals surface area contributed by atoms with Crippen LogP contribution in [0.15, 0.2) is 75.8 Å². The van der Waals surface area contributed by atoms with E-state index < -0.39 is 10.9 Å². The zero-order valence-corrected chi connectivity index (χ0v) is 14.3. The van der Waals surface area contributed by atoms with Gasteiger partial charge >= 0.3 is 5.97 Å². The Morgan fingerprint density at radius 2 is 1.92 bits per heavy atom. The van der Waals surface area contributed by atoms with Crippen LogP contribution in [0.2, 0.25) is 0 Å². The number of allylic oxidation sites excluding steroid dienone is 2. The molecule has 6 nitrogen and oxygen atoms in total. The number of hydrogen-bond acceptors (Lipinski definition) is 5. The van der Waals surface area contributed by atoms with Gasteiger partial charge in [-0.2, -0.15) is 0 Å². The molecular formula is C18H11BrN2O4. The molecule has 25 heavy (non-hydrogen) atoms. The minimum absolute atomic E-state index is 0.0261. The Morgan fingerprint density at radius 1 is 1.16 bits per heavy atom. The topological polar surface area (TPSA) is 81.8 Å². The first-order valence-electron chi connectivity index (χ1n) is 7.22. The number of benzene rings is 2. The molecule has 124 valence electrons. The fraction of sp³-hybridized carbons (Fsp3) is 0. The SMILES string of the molecule is O=C1OC(c2cccc(Br)c2)=N/C1=C\C=C\c1ccc([N+](=O)[O-])cc1. The van der Waals surface area contributed by atoms with Crippen molar-refractivity contribution in [1.82, 2.24) is 0 Å². The smallest absolute Gasteiger partial charge is 0.363 e. The van der Waals surface area contributed by atoms with E-state index in [4.69, 9.17) is 4.74 Å². The summed E-state index contributed by atoms with van der Waals surface area (Å²) in [7, 11) is 0. The van der Waals surface area contributed by atoms with Crippen molar-refractivity contribution in [3.63, 3.8) is 0 Å². The molecule has 0 N–H and O–H groups in total. The molecule has 1 aliphatic heterocycles. The highest BCUT2D eigenvalue weighted by atomic mass is 79.9. The van der Waals surface area contributed by atoms with Crippen LogP contribution in [0.3, 0.4) is 0 Å². The third-order valence-corrected chi connectivity index (χ3v) is 3.83. The third-order valence-electron chi connectivity index (χ3n) is 3.34. The number of carbonyl (C=O) groups excluding carboxylic acids is 1. The first-order valence-corrected chi connectivity index (χ1v) is 8.02. The van der Waals surface area contributed by atoms with E-state index in [1.165, 1.54) is 18.2 Å². The van der Waals surface area contributed by atoms with Gasteiger partial charge in [0.1, 0.15) is 0 Å². The number of ether oxygens (including phenoxy) is 1. The molecule has 2 aromatic carbocycles. The van der Waals surface area contributed by atoms with E-state index in [1.54, 1.807) is 30.4 Å². The largest absolute Gasteiger partial charge is 0.402 e. The Kier molecular flexibility index (Phi) is 4.85. The molecule has 0 amide bonds. The fourth-order valence-corrected chi connectivity index (χ4v) is 2.53. The lowest BCUT2D eigenvalue weighted by Crippen LogP contribution is -2.05. The Hall–Kier alpha value is -3.06. The van der Waals surface area contributed by atoms with Gasteiger partial charge in [-0.3, -0.25) is 10.1 Å². The van der Waals surface area contributed by atoms with Crippen LogP contribution < -0.4 is 0 Å². The zero-order chi connectivity index (χ0) is 17.8. The van der Waals surface area contributed by atoms with Gasteiger partial charge in [0.05, 0.1) is 4.92 Å². The maximum atomic E-state index is 11.9. The number of carbonyl (C=O) groups is 1. The molecule has 0 radical (unpaired) electrons. The van der Waals surface area contributed by atoms with Crippen LogP contribution >= 0.6 is 15.9 Å². The van der Waals surface area contributed by atoms with E-state index in [9.17, 15) is 14.9 Å². The van der Waals surface area contributed by atoms with Gasteiger partial charge in [0.2, 0.25) is 5.90 Å². The van der Waals surface area contributed by atoms with Crippen molar-refractivity contribution in [3.05, 3.63) is 92.1 Å². The number of esters is 1. The summed E-state index contributed by atoms with van der Waals surface area (Å²) < 4.78 is 6.03. The van der Waals surface area contributed by atoms with Crippen LogP contribution in [0.5, 0.6) is 0 Å². The predicted molar refractivity (Wildman–Crippen MR) is 97.0 cm³/mol. The lowest BCUT2D eigenvalue weighted by molar-refractivity contribution is -0.384. The predicted octanol–water partition coefficient (Wildman–Crippen LogP) is 4.26. The van der Waals surface area contributed by atoms with E-state index >= 15 is 0 Å². The minimum atomic E-state index is -0.525. The number of nitrogens with zero attached hydrogens (tertiary/aromatic N) is 2. The molecule has 0 aliphatic carbocycles. The van der Waals surface area contributed by atoms with Crippen LogP contribution in [0.4, 0.5) is 5.69 Å². The maximum Gasteiger partial charge on any atom is 0.363 e. The molecule has 7 heteroatoms. The molecule has 0 bridgehead atoms. The van der Waals surface area contributed by atoms with Crippen molar-refractivity contribution < 1.29 is 14.5 Å². The summed E-state index contributed by atoms with van der Waals surface area (Å²) >= 11 is 3.36. The molecular weight excluding hydrogens is 388 g/mol. The normalized spacial score (nSPS) is 15.5. The minimum Gasteiger partial charge on any atom is -0.402 e. The maximum absolute atomic E-state index is 11.9. The number of cyclic esters (lactones) is 1. The van der Waals surface area contributed by atoms with Gasteiger partial charge < -0.3 is 4.74 Å². The second kappa shape index (κ2) is 7.23. The zero-order valence-electron chi connectivity index (χ0n) is 12.8. The van der Waals surface area contributed by atoms with Gasteiger partial charge in [-0.15, -0.1) is 0 Å². The monoisotopic (exact) mass is 398 g/mol. The van der Waals surface area contributed by atoms with Crippen LogP contribution in [0.1, 0.15) is 11.1 Å². The number of hydrogen-bond donors (Lipinski definition) is 0. The number of halogens is 1. The Bertz CT molecular complexity index is 930.